The quantitative estimate of drug-likeness (QED) is 0.450. The number of nitrogens with one attached hydrogen (secondary N) is 3. The molecule has 0 spiro atoms. The van der Waals surface area contributed by atoms with Gasteiger partial charge in [0.05, 0.1) is 6.42 Å². The first-order valence-corrected chi connectivity index (χ1v) is 11.0. The molecule has 3 heterocycles. The van der Waals surface area contributed by atoms with Gasteiger partial charge in [-0.2, -0.15) is 0 Å². The Bertz CT molecular complexity index is 878. The first-order valence-electron chi connectivity index (χ1n) is 11.0. The molecule has 4 rings (SSSR count). The molecule has 3 saturated heterocycles. The number of rotatable bonds is 4. The second kappa shape index (κ2) is 9.66. The number of carbonyl (C=O) groups excluding carboxylic acids is 4. The molecule has 3 aliphatic heterocycles. The molecule has 3 amide bonds. The molecule has 1 aromatic rings. The Labute approximate surface area is 185 Å². The molecule has 0 bridgehead atoms. The average Bonchev–Trinajstić information content (AvgIpc) is 3.10. The van der Waals surface area contributed by atoms with Crippen LogP contribution in [0.3, 0.4) is 0 Å². The van der Waals surface area contributed by atoms with Gasteiger partial charge in [-0.05, 0) is 25.0 Å². The average molecular weight is 444 g/mol. The monoisotopic (exact) mass is 444 g/mol. The van der Waals surface area contributed by atoms with Crippen molar-refractivity contribution in [2.75, 3.05) is 13.1 Å². The Morgan fingerprint density at radius 2 is 1.81 bits per heavy atom. The Morgan fingerprint density at radius 3 is 2.53 bits per heavy atom. The number of amides is 3. The van der Waals surface area contributed by atoms with Gasteiger partial charge >= 0.3 is 5.97 Å². The van der Waals surface area contributed by atoms with Crippen molar-refractivity contribution in [2.24, 2.45) is 0 Å². The summed E-state index contributed by atoms with van der Waals surface area (Å²) >= 11 is 0. The topological polar surface area (TPSA) is 137 Å². The summed E-state index contributed by atoms with van der Waals surface area (Å²) in [6.45, 7) is 0.799. The summed E-state index contributed by atoms with van der Waals surface area (Å²) in [6.07, 6.45) is 1.37. The second-order valence-electron chi connectivity index (χ2n) is 8.45. The summed E-state index contributed by atoms with van der Waals surface area (Å²) in [5.41, 5.74) is 0.466. The van der Waals surface area contributed by atoms with Crippen LogP contribution in [0.15, 0.2) is 30.3 Å². The van der Waals surface area contributed by atoms with Gasteiger partial charge in [-0.15, -0.1) is 0 Å². The zero-order chi connectivity index (χ0) is 22.7. The van der Waals surface area contributed by atoms with Crippen LogP contribution < -0.4 is 16.0 Å². The third kappa shape index (κ3) is 4.76. The summed E-state index contributed by atoms with van der Waals surface area (Å²) in [5, 5.41) is 18.5. The van der Waals surface area contributed by atoms with E-state index in [2.05, 4.69) is 20.7 Å². The zero-order valence-corrected chi connectivity index (χ0v) is 17.7. The van der Waals surface area contributed by atoms with E-state index in [1.54, 1.807) is 29.2 Å². The standard InChI is InChI=1S/C22H28N4O6/c27-18-10-16(22(31)32-18)25-20(29)17-12-23-11-14-8-4-5-9-15(21(30)26(14)17)24-19(28)13-6-2-1-3-7-13/h1-3,6-7,14-17,22-23,31H,4-5,8-12H2,(H,24,28)(H,25,29)/t14-,15-,16?,17-,22?/m0/s1. The number of aliphatic hydroxyl groups excluding tert-OH is 1. The molecular weight excluding hydrogens is 416 g/mol. The Hall–Kier alpha value is -2.98. The van der Waals surface area contributed by atoms with Crippen molar-refractivity contribution in [3.63, 3.8) is 0 Å². The van der Waals surface area contributed by atoms with E-state index in [4.69, 9.17) is 0 Å². The van der Waals surface area contributed by atoms with E-state index in [1.165, 1.54) is 0 Å². The van der Waals surface area contributed by atoms with Crippen molar-refractivity contribution in [3.8, 4) is 0 Å². The molecule has 5 atom stereocenters. The minimum Gasteiger partial charge on any atom is -0.434 e. The van der Waals surface area contributed by atoms with E-state index in [0.29, 0.717) is 18.5 Å². The lowest BCUT2D eigenvalue weighted by Gasteiger charge is -2.44. The van der Waals surface area contributed by atoms with Crippen LogP contribution in [0.4, 0.5) is 0 Å². The maximum atomic E-state index is 13.5. The maximum absolute atomic E-state index is 13.5. The van der Waals surface area contributed by atoms with Gasteiger partial charge in [0.1, 0.15) is 18.1 Å². The van der Waals surface area contributed by atoms with E-state index in [-0.39, 0.29) is 30.8 Å². The van der Waals surface area contributed by atoms with Gasteiger partial charge in [-0.3, -0.25) is 19.2 Å². The molecule has 172 valence electrons. The summed E-state index contributed by atoms with van der Waals surface area (Å²) in [7, 11) is 0. The Kier molecular flexibility index (Phi) is 6.71. The first kappa shape index (κ1) is 22.2. The van der Waals surface area contributed by atoms with Crippen LogP contribution in [-0.2, 0) is 19.1 Å². The van der Waals surface area contributed by atoms with Gasteiger partial charge in [0.25, 0.3) is 5.91 Å². The molecule has 10 heteroatoms. The predicted molar refractivity (Wildman–Crippen MR) is 112 cm³/mol. The SMILES string of the molecule is O=C1CC(NC(=O)[C@@H]2CNC[C@@H]3CCCC[C@H](NC(=O)c4ccccc4)C(=O)N32)C(O)O1. The molecule has 10 nitrogen and oxygen atoms in total. The molecule has 0 saturated carbocycles. The molecule has 0 aromatic heterocycles. The number of ether oxygens (including phenoxy) is 1. The number of hydrogen-bond acceptors (Lipinski definition) is 7. The van der Waals surface area contributed by atoms with Gasteiger partial charge in [0, 0.05) is 24.7 Å². The van der Waals surface area contributed by atoms with Crippen LogP contribution in [0.1, 0.15) is 42.5 Å². The summed E-state index contributed by atoms with van der Waals surface area (Å²) in [6, 6.07) is 6.10. The minimum absolute atomic E-state index is 0.125. The largest absolute Gasteiger partial charge is 0.434 e. The van der Waals surface area contributed by atoms with Crippen molar-refractivity contribution in [3.05, 3.63) is 35.9 Å². The van der Waals surface area contributed by atoms with Gasteiger partial charge in [-0.25, -0.2) is 0 Å². The molecule has 3 fully saturated rings. The van der Waals surface area contributed by atoms with Crippen molar-refractivity contribution in [1.29, 1.82) is 0 Å². The van der Waals surface area contributed by atoms with E-state index < -0.39 is 36.3 Å². The summed E-state index contributed by atoms with van der Waals surface area (Å²) in [4.78, 5) is 52.2. The molecule has 1 aromatic carbocycles. The van der Waals surface area contributed by atoms with Crippen LogP contribution in [0.5, 0.6) is 0 Å². The number of esters is 1. The van der Waals surface area contributed by atoms with Crippen molar-refractivity contribution < 1.29 is 29.0 Å². The van der Waals surface area contributed by atoms with E-state index in [0.717, 1.165) is 19.3 Å². The third-order valence-corrected chi connectivity index (χ3v) is 6.23. The van der Waals surface area contributed by atoms with Crippen molar-refractivity contribution >= 4 is 23.7 Å². The van der Waals surface area contributed by atoms with Gasteiger partial charge in [-0.1, -0.05) is 31.0 Å². The summed E-state index contributed by atoms with van der Waals surface area (Å²) < 4.78 is 4.69. The molecule has 0 aliphatic carbocycles. The number of cyclic esters (lactones) is 1. The molecular formula is C22H28N4O6. The molecule has 3 aliphatic rings. The smallest absolute Gasteiger partial charge is 0.310 e. The highest BCUT2D eigenvalue weighted by Crippen LogP contribution is 2.23. The number of carbonyl (C=O) groups is 4. The number of nitrogens with zero attached hydrogens (tertiary/aromatic N) is 1. The van der Waals surface area contributed by atoms with Gasteiger partial charge < -0.3 is 30.7 Å². The number of aliphatic hydroxyl groups is 1. The lowest BCUT2D eigenvalue weighted by Crippen LogP contribution is -2.67. The number of hydrogen-bond donors (Lipinski definition) is 4. The van der Waals surface area contributed by atoms with Crippen molar-refractivity contribution in [2.45, 2.75) is 62.6 Å². The minimum atomic E-state index is -1.40. The number of fused-ring (bicyclic) bond motifs is 1. The Balaban J connectivity index is 1.51. The molecule has 0 radical (unpaired) electrons. The van der Waals surface area contributed by atoms with E-state index >= 15 is 0 Å². The first-order chi connectivity index (χ1) is 15.4. The molecule has 32 heavy (non-hydrogen) atoms. The van der Waals surface area contributed by atoms with Crippen LogP contribution in [-0.4, -0.2) is 77.2 Å². The lowest BCUT2D eigenvalue weighted by molar-refractivity contribution is -0.156. The fourth-order valence-electron chi connectivity index (χ4n) is 4.57. The number of piperazine rings is 1. The predicted octanol–water partition coefficient (Wildman–Crippen LogP) is -0.722. The highest BCUT2D eigenvalue weighted by atomic mass is 16.6. The third-order valence-electron chi connectivity index (χ3n) is 6.23. The van der Waals surface area contributed by atoms with Crippen molar-refractivity contribution in [1.82, 2.24) is 20.9 Å². The highest BCUT2D eigenvalue weighted by Gasteiger charge is 2.43. The fourth-order valence-corrected chi connectivity index (χ4v) is 4.57. The van der Waals surface area contributed by atoms with Crippen LogP contribution in [0.2, 0.25) is 0 Å². The highest BCUT2D eigenvalue weighted by molar-refractivity contribution is 5.98. The molecule has 4 N–H and O–H groups in total. The maximum Gasteiger partial charge on any atom is 0.310 e. The fraction of sp³-hybridized carbons (Fsp3) is 0.545. The second-order valence-corrected chi connectivity index (χ2v) is 8.45. The number of benzene rings is 1. The Morgan fingerprint density at radius 1 is 1.06 bits per heavy atom. The van der Waals surface area contributed by atoms with Gasteiger partial charge in [0.2, 0.25) is 18.1 Å². The van der Waals surface area contributed by atoms with E-state index in [1.807, 2.05) is 6.07 Å². The van der Waals surface area contributed by atoms with E-state index in [9.17, 15) is 24.3 Å². The summed E-state index contributed by atoms with van der Waals surface area (Å²) in [5.74, 6) is -1.68. The van der Waals surface area contributed by atoms with Gasteiger partial charge in [0.15, 0.2) is 0 Å². The van der Waals surface area contributed by atoms with Crippen LogP contribution in [0, 0.1) is 0 Å². The lowest BCUT2D eigenvalue weighted by atomic mass is 9.94. The normalized spacial score (nSPS) is 30.5. The zero-order valence-electron chi connectivity index (χ0n) is 17.7. The van der Waals surface area contributed by atoms with Crippen LogP contribution >= 0.6 is 0 Å². The van der Waals surface area contributed by atoms with Crippen LogP contribution in [0.25, 0.3) is 0 Å². The molecule has 2 unspecified atom stereocenters.